The second kappa shape index (κ2) is 14.2. The van der Waals surface area contributed by atoms with E-state index in [2.05, 4.69) is 23.1 Å². The number of ketones is 1. The van der Waals surface area contributed by atoms with Crippen molar-refractivity contribution in [2.45, 2.75) is 90.3 Å². The fourth-order valence-corrected chi connectivity index (χ4v) is 5.48. The molecule has 2 fully saturated rings. The molecule has 0 bridgehead atoms. The fraction of sp³-hybridized carbons (Fsp3) is 0.714. The van der Waals surface area contributed by atoms with Gasteiger partial charge in [-0.05, 0) is 37.0 Å². The quantitative estimate of drug-likeness (QED) is 0.215. The van der Waals surface area contributed by atoms with E-state index in [4.69, 9.17) is 12.2 Å². The van der Waals surface area contributed by atoms with E-state index in [0.717, 1.165) is 38.5 Å². The van der Waals surface area contributed by atoms with Crippen LogP contribution in [0.25, 0.3) is 0 Å². The summed E-state index contributed by atoms with van der Waals surface area (Å²) in [6.07, 6.45) is 14.2. The van der Waals surface area contributed by atoms with Gasteiger partial charge in [0.2, 0.25) is 17.6 Å². The third-order valence-corrected chi connectivity index (χ3v) is 7.70. The summed E-state index contributed by atoms with van der Waals surface area (Å²) in [7, 11) is 0. The van der Waals surface area contributed by atoms with Crippen LogP contribution >= 0.6 is 0 Å². The van der Waals surface area contributed by atoms with Gasteiger partial charge >= 0.3 is 0 Å². The molecule has 0 radical (unpaired) electrons. The summed E-state index contributed by atoms with van der Waals surface area (Å²) in [5.74, 6) is 0.150. The summed E-state index contributed by atoms with van der Waals surface area (Å²) in [6, 6.07) is -2.62. The van der Waals surface area contributed by atoms with Crippen molar-refractivity contribution in [2.75, 3.05) is 13.1 Å². The molecule has 8 heteroatoms. The van der Waals surface area contributed by atoms with Gasteiger partial charge in [-0.25, -0.2) is 0 Å². The zero-order chi connectivity index (χ0) is 26.8. The first-order valence-corrected chi connectivity index (χ1v) is 13.4. The van der Waals surface area contributed by atoms with Crippen LogP contribution in [0.1, 0.15) is 72.1 Å². The maximum absolute atomic E-state index is 13.7. The Morgan fingerprint density at radius 3 is 2.42 bits per heavy atom. The molecule has 0 aromatic rings. The summed E-state index contributed by atoms with van der Waals surface area (Å²) in [5, 5.41) is 5.25. The van der Waals surface area contributed by atoms with Crippen LogP contribution in [0.3, 0.4) is 0 Å². The van der Waals surface area contributed by atoms with Gasteiger partial charge in [-0.2, -0.15) is 0 Å². The third kappa shape index (κ3) is 7.19. The smallest absolute Gasteiger partial charge is 0.289 e. The lowest BCUT2D eigenvalue weighted by Gasteiger charge is -2.33. The first kappa shape index (κ1) is 29.6. The molecule has 0 aromatic carbocycles. The Morgan fingerprint density at radius 2 is 1.86 bits per heavy atom. The minimum atomic E-state index is -0.997. The van der Waals surface area contributed by atoms with Gasteiger partial charge in [0, 0.05) is 13.1 Å². The SMILES string of the molecule is C#CC1[C@@H](C(C)C)CN(C(=O)[C@@H](N)C2CCCCC2)[C@@H]1C(=O)NC(CCCC)C(=O)C(=O)NCC=C. The van der Waals surface area contributed by atoms with Crippen molar-refractivity contribution in [2.24, 2.45) is 29.4 Å². The minimum Gasteiger partial charge on any atom is -0.346 e. The molecular formula is C28H44N4O4. The number of amides is 3. The number of nitrogens with two attached hydrogens (primary N) is 1. The van der Waals surface area contributed by atoms with Crippen LogP contribution in [0.4, 0.5) is 0 Å². The van der Waals surface area contributed by atoms with Gasteiger partial charge in [0.1, 0.15) is 6.04 Å². The maximum Gasteiger partial charge on any atom is 0.289 e. The van der Waals surface area contributed by atoms with E-state index < -0.39 is 41.6 Å². The number of hydrogen-bond donors (Lipinski definition) is 3. The second-order valence-electron chi connectivity index (χ2n) is 10.5. The lowest BCUT2D eigenvalue weighted by atomic mass is 9.83. The molecule has 1 saturated carbocycles. The first-order valence-electron chi connectivity index (χ1n) is 13.4. The number of nitrogens with one attached hydrogen (secondary N) is 2. The number of carbonyl (C=O) groups is 4. The van der Waals surface area contributed by atoms with E-state index in [1.807, 2.05) is 20.8 Å². The maximum atomic E-state index is 13.7. The number of carbonyl (C=O) groups excluding carboxylic acids is 4. The molecule has 0 aromatic heterocycles. The van der Waals surface area contributed by atoms with Crippen LogP contribution in [-0.2, 0) is 19.2 Å². The molecule has 0 spiro atoms. The largest absolute Gasteiger partial charge is 0.346 e. The van der Waals surface area contributed by atoms with Crippen molar-refractivity contribution in [3.8, 4) is 12.3 Å². The predicted molar refractivity (Wildman–Crippen MR) is 140 cm³/mol. The lowest BCUT2D eigenvalue weighted by Crippen LogP contribution is -2.57. The van der Waals surface area contributed by atoms with E-state index in [9.17, 15) is 19.2 Å². The summed E-state index contributed by atoms with van der Waals surface area (Å²) in [5.41, 5.74) is 6.45. The van der Waals surface area contributed by atoms with Crippen LogP contribution in [0.5, 0.6) is 0 Å². The van der Waals surface area contributed by atoms with Crippen molar-refractivity contribution in [1.29, 1.82) is 0 Å². The van der Waals surface area contributed by atoms with Gasteiger partial charge < -0.3 is 21.3 Å². The molecule has 3 amide bonds. The summed E-state index contributed by atoms with van der Waals surface area (Å²) in [4.78, 5) is 54.0. The number of rotatable bonds is 12. The Hall–Kier alpha value is -2.66. The zero-order valence-electron chi connectivity index (χ0n) is 22.1. The molecule has 8 nitrogen and oxygen atoms in total. The van der Waals surface area contributed by atoms with E-state index in [0.29, 0.717) is 19.4 Å². The topological polar surface area (TPSA) is 122 Å². The number of nitrogens with zero attached hydrogens (tertiary/aromatic N) is 1. The van der Waals surface area contributed by atoms with Crippen molar-refractivity contribution in [1.82, 2.24) is 15.5 Å². The molecule has 2 aliphatic rings. The molecule has 36 heavy (non-hydrogen) atoms. The van der Waals surface area contributed by atoms with Gasteiger partial charge in [-0.3, -0.25) is 19.2 Å². The van der Waals surface area contributed by atoms with E-state index in [1.54, 1.807) is 4.90 Å². The minimum absolute atomic E-state index is 0.0751. The Kier molecular flexibility index (Phi) is 11.6. The van der Waals surface area contributed by atoms with Gasteiger partial charge in [0.15, 0.2) is 0 Å². The molecular weight excluding hydrogens is 456 g/mol. The number of unbranched alkanes of at least 4 members (excludes halogenated alkanes) is 1. The highest BCUT2D eigenvalue weighted by atomic mass is 16.2. The molecule has 1 saturated heterocycles. The molecule has 1 heterocycles. The number of terminal acetylenes is 1. The third-order valence-electron chi connectivity index (χ3n) is 7.70. The van der Waals surface area contributed by atoms with Crippen LogP contribution in [0.2, 0.25) is 0 Å². The average Bonchev–Trinajstić information content (AvgIpc) is 3.29. The summed E-state index contributed by atoms with van der Waals surface area (Å²) < 4.78 is 0. The first-order chi connectivity index (χ1) is 17.2. The van der Waals surface area contributed by atoms with Crippen molar-refractivity contribution in [3.63, 3.8) is 0 Å². The number of likely N-dealkylation sites (tertiary alicyclic amines) is 1. The highest BCUT2D eigenvalue weighted by Gasteiger charge is 2.50. The normalized spacial score (nSPS) is 24.0. The number of Topliss-reactive ketones (excluding diaryl/α,β-unsaturated/α-hetero) is 1. The Labute approximate surface area is 216 Å². The van der Waals surface area contributed by atoms with E-state index in [1.165, 1.54) is 6.08 Å². The van der Waals surface area contributed by atoms with E-state index >= 15 is 0 Å². The number of hydrogen-bond acceptors (Lipinski definition) is 5. The van der Waals surface area contributed by atoms with Gasteiger partial charge in [0.25, 0.3) is 5.91 Å². The summed E-state index contributed by atoms with van der Waals surface area (Å²) >= 11 is 0. The fourth-order valence-electron chi connectivity index (χ4n) is 5.48. The lowest BCUT2D eigenvalue weighted by molar-refractivity contribution is -0.143. The van der Waals surface area contributed by atoms with Gasteiger partial charge in [0.05, 0.1) is 18.0 Å². The van der Waals surface area contributed by atoms with Gasteiger partial charge in [-0.1, -0.05) is 59.0 Å². The standard InChI is InChI=1S/C28H44N4O4/c1-6-9-15-22(25(33)27(35)30-16-7-2)31-26(34)24-20(8-3)21(18(4)5)17-32(24)28(36)23(29)19-13-11-10-12-14-19/h3,7,18-24H,2,6,9-17,29H2,1,4-5H3,(H,30,35)(H,31,34)/t20?,21-,22?,23+,24+/m1/s1. The van der Waals surface area contributed by atoms with Crippen molar-refractivity contribution < 1.29 is 19.2 Å². The Balaban J connectivity index is 2.30. The molecule has 2 rings (SSSR count). The Morgan fingerprint density at radius 1 is 1.19 bits per heavy atom. The molecule has 5 atom stereocenters. The van der Waals surface area contributed by atoms with Crippen LogP contribution < -0.4 is 16.4 Å². The average molecular weight is 501 g/mol. The molecule has 200 valence electrons. The highest BCUT2D eigenvalue weighted by Crippen LogP contribution is 2.36. The van der Waals surface area contributed by atoms with Crippen molar-refractivity contribution >= 4 is 23.5 Å². The van der Waals surface area contributed by atoms with Crippen molar-refractivity contribution in [3.05, 3.63) is 12.7 Å². The molecule has 1 aliphatic heterocycles. The van der Waals surface area contributed by atoms with Gasteiger partial charge in [-0.15, -0.1) is 18.9 Å². The monoisotopic (exact) mass is 500 g/mol. The highest BCUT2D eigenvalue weighted by molar-refractivity contribution is 6.38. The Bertz CT molecular complexity index is 843. The molecule has 2 unspecified atom stereocenters. The van der Waals surface area contributed by atoms with E-state index in [-0.39, 0.29) is 30.2 Å². The summed E-state index contributed by atoms with van der Waals surface area (Å²) in [6.45, 7) is 10.0. The second-order valence-corrected chi connectivity index (χ2v) is 10.5. The van der Waals surface area contributed by atoms with Crippen LogP contribution in [0, 0.1) is 36.0 Å². The molecule has 1 aliphatic carbocycles. The van der Waals surface area contributed by atoms with Crippen LogP contribution in [-0.4, -0.2) is 59.6 Å². The van der Waals surface area contributed by atoms with Crippen LogP contribution in [0.15, 0.2) is 12.7 Å². The predicted octanol–water partition coefficient (Wildman–Crippen LogP) is 2.17. The zero-order valence-corrected chi connectivity index (χ0v) is 22.1. The molecule has 4 N–H and O–H groups in total.